The summed E-state index contributed by atoms with van der Waals surface area (Å²) in [4.78, 5) is 2.59. The smallest absolute Gasteiger partial charge is 0.133 e. The topological polar surface area (TPSA) is 35.5 Å². The number of hydrogen-bond donors (Lipinski definition) is 2. The third kappa shape index (κ3) is 3.67. The SMILES string of the molecule is CN1C2CCC1CC(CNCc1cc(I)cc(I)c1O)C2. The fourth-order valence-corrected chi connectivity index (χ4v) is 5.82. The Hall–Kier alpha value is 0.400. The highest BCUT2D eigenvalue weighted by Gasteiger charge is 2.37. The molecule has 2 aliphatic rings. The van der Waals surface area contributed by atoms with Crippen LogP contribution >= 0.6 is 45.2 Å². The second-order valence-electron chi connectivity index (χ2n) is 6.41. The van der Waals surface area contributed by atoms with Gasteiger partial charge in [-0.15, -0.1) is 0 Å². The van der Waals surface area contributed by atoms with Gasteiger partial charge < -0.3 is 15.3 Å². The molecule has 21 heavy (non-hydrogen) atoms. The van der Waals surface area contributed by atoms with E-state index in [4.69, 9.17) is 0 Å². The van der Waals surface area contributed by atoms with Crippen LogP contribution in [0.3, 0.4) is 0 Å². The molecule has 0 spiro atoms. The number of rotatable bonds is 4. The fourth-order valence-electron chi connectivity index (χ4n) is 3.86. The monoisotopic (exact) mass is 512 g/mol. The summed E-state index contributed by atoms with van der Waals surface area (Å²) in [7, 11) is 2.29. The van der Waals surface area contributed by atoms with Crippen molar-refractivity contribution in [3.63, 3.8) is 0 Å². The Bertz CT molecular complexity index is 509. The van der Waals surface area contributed by atoms with Crippen LogP contribution in [0.4, 0.5) is 0 Å². The molecule has 5 heteroatoms. The maximum atomic E-state index is 10.1. The van der Waals surface area contributed by atoms with Gasteiger partial charge in [0.25, 0.3) is 0 Å². The molecule has 3 rings (SSSR count). The van der Waals surface area contributed by atoms with Crippen molar-refractivity contribution >= 4 is 45.2 Å². The standard InChI is InChI=1S/C16H22I2N2O/c1-20-13-2-3-14(20)5-10(4-13)8-19-9-11-6-12(17)7-15(18)16(11)21/h6-7,10,13-14,19,21H,2-5,8-9H2,1H3. The molecule has 1 aromatic rings. The zero-order valence-corrected chi connectivity index (χ0v) is 16.6. The Balaban J connectivity index is 1.53. The molecule has 0 aromatic heterocycles. The zero-order chi connectivity index (χ0) is 15.0. The van der Waals surface area contributed by atoms with Crippen LogP contribution in [0.2, 0.25) is 0 Å². The number of phenolic OH excluding ortho intramolecular Hbond substituents is 1. The van der Waals surface area contributed by atoms with Crippen molar-refractivity contribution in [3.05, 3.63) is 24.8 Å². The minimum absolute atomic E-state index is 0.437. The Morgan fingerprint density at radius 3 is 2.57 bits per heavy atom. The predicted octanol–water partition coefficient (Wildman–Crippen LogP) is 3.56. The highest BCUT2D eigenvalue weighted by Crippen LogP contribution is 2.37. The van der Waals surface area contributed by atoms with Crippen LogP contribution in [0, 0.1) is 13.1 Å². The van der Waals surface area contributed by atoms with E-state index in [1.165, 1.54) is 29.3 Å². The van der Waals surface area contributed by atoms with E-state index < -0.39 is 0 Å². The first kappa shape index (κ1) is 16.3. The highest BCUT2D eigenvalue weighted by atomic mass is 127. The van der Waals surface area contributed by atoms with Crippen molar-refractivity contribution in [1.29, 1.82) is 0 Å². The van der Waals surface area contributed by atoms with Gasteiger partial charge in [-0.2, -0.15) is 0 Å². The van der Waals surface area contributed by atoms with E-state index in [0.29, 0.717) is 5.75 Å². The number of piperidine rings is 1. The second kappa shape index (κ2) is 6.88. The van der Waals surface area contributed by atoms with Gasteiger partial charge in [-0.25, -0.2) is 0 Å². The van der Waals surface area contributed by atoms with E-state index in [-0.39, 0.29) is 0 Å². The Kier molecular flexibility index (Phi) is 5.33. The molecule has 3 nitrogen and oxygen atoms in total. The van der Waals surface area contributed by atoms with Crippen molar-refractivity contribution in [2.75, 3.05) is 13.6 Å². The number of nitrogens with one attached hydrogen (secondary N) is 1. The molecule has 0 aliphatic carbocycles. The van der Waals surface area contributed by atoms with Crippen LogP contribution < -0.4 is 5.32 Å². The number of fused-ring (bicyclic) bond motifs is 2. The molecule has 2 saturated heterocycles. The molecule has 0 radical (unpaired) electrons. The Morgan fingerprint density at radius 1 is 1.24 bits per heavy atom. The lowest BCUT2D eigenvalue weighted by Gasteiger charge is -2.36. The quantitative estimate of drug-likeness (QED) is 0.607. The summed E-state index contributed by atoms with van der Waals surface area (Å²) in [6.07, 6.45) is 5.42. The van der Waals surface area contributed by atoms with Gasteiger partial charge in [0.05, 0.1) is 3.57 Å². The molecule has 2 N–H and O–H groups in total. The van der Waals surface area contributed by atoms with E-state index >= 15 is 0 Å². The molecule has 1 aromatic carbocycles. The first-order valence-electron chi connectivity index (χ1n) is 7.64. The van der Waals surface area contributed by atoms with Gasteiger partial charge in [-0.1, -0.05) is 0 Å². The van der Waals surface area contributed by atoms with E-state index in [2.05, 4.69) is 68.5 Å². The van der Waals surface area contributed by atoms with Crippen molar-refractivity contribution in [2.24, 2.45) is 5.92 Å². The van der Waals surface area contributed by atoms with Crippen molar-refractivity contribution in [2.45, 2.75) is 44.3 Å². The predicted molar refractivity (Wildman–Crippen MR) is 103 cm³/mol. The van der Waals surface area contributed by atoms with Gasteiger partial charge >= 0.3 is 0 Å². The first-order valence-corrected chi connectivity index (χ1v) is 9.80. The molecular weight excluding hydrogens is 490 g/mol. The summed E-state index contributed by atoms with van der Waals surface area (Å²) in [6, 6.07) is 5.70. The summed E-state index contributed by atoms with van der Waals surface area (Å²) in [5.74, 6) is 1.23. The molecule has 0 amide bonds. The van der Waals surface area contributed by atoms with Gasteiger partial charge in [0.2, 0.25) is 0 Å². The molecule has 2 aliphatic heterocycles. The molecule has 2 bridgehead atoms. The van der Waals surface area contributed by atoms with Gasteiger partial charge in [0.15, 0.2) is 0 Å². The number of nitrogens with zero attached hydrogens (tertiary/aromatic N) is 1. The van der Waals surface area contributed by atoms with E-state index in [1.807, 2.05) is 6.07 Å². The van der Waals surface area contributed by atoms with Crippen LogP contribution in [0.5, 0.6) is 5.75 Å². The summed E-state index contributed by atoms with van der Waals surface area (Å²) >= 11 is 4.51. The molecule has 0 saturated carbocycles. The van der Waals surface area contributed by atoms with Crippen LogP contribution in [-0.2, 0) is 6.54 Å². The van der Waals surface area contributed by atoms with Crippen molar-refractivity contribution in [3.8, 4) is 5.75 Å². The Morgan fingerprint density at radius 2 is 1.90 bits per heavy atom. The number of hydrogen-bond acceptors (Lipinski definition) is 3. The highest BCUT2D eigenvalue weighted by molar-refractivity contribution is 14.1. The maximum absolute atomic E-state index is 10.1. The largest absolute Gasteiger partial charge is 0.507 e. The Labute approximate surface area is 154 Å². The van der Waals surface area contributed by atoms with Crippen LogP contribution in [0.15, 0.2) is 12.1 Å². The number of aromatic hydroxyl groups is 1. The lowest BCUT2D eigenvalue weighted by Crippen LogP contribution is -2.42. The van der Waals surface area contributed by atoms with Crippen LogP contribution in [0.1, 0.15) is 31.2 Å². The average molecular weight is 512 g/mol. The third-order valence-corrected chi connectivity index (χ3v) is 6.50. The summed E-state index contributed by atoms with van der Waals surface area (Å²) in [6.45, 7) is 1.84. The number of benzene rings is 1. The third-order valence-electron chi connectivity index (χ3n) is 5.05. The molecule has 116 valence electrons. The minimum Gasteiger partial charge on any atom is -0.507 e. The van der Waals surface area contributed by atoms with E-state index in [0.717, 1.165) is 40.2 Å². The first-order chi connectivity index (χ1) is 10.0. The van der Waals surface area contributed by atoms with E-state index in [1.54, 1.807) is 0 Å². The fraction of sp³-hybridized carbons (Fsp3) is 0.625. The van der Waals surface area contributed by atoms with Gasteiger partial charge in [0.1, 0.15) is 5.75 Å². The molecule has 2 fully saturated rings. The maximum Gasteiger partial charge on any atom is 0.133 e. The molecule has 2 atom stereocenters. The van der Waals surface area contributed by atoms with E-state index in [9.17, 15) is 5.11 Å². The normalized spacial score (nSPS) is 29.0. The van der Waals surface area contributed by atoms with Gasteiger partial charge in [-0.3, -0.25) is 0 Å². The second-order valence-corrected chi connectivity index (χ2v) is 8.82. The average Bonchev–Trinajstić information content (AvgIpc) is 2.66. The molecule has 2 unspecified atom stereocenters. The number of phenols is 1. The minimum atomic E-state index is 0.437. The summed E-state index contributed by atoms with van der Waals surface area (Å²) in [5, 5.41) is 13.7. The number of halogens is 2. The summed E-state index contributed by atoms with van der Waals surface area (Å²) in [5.41, 5.74) is 1.02. The van der Waals surface area contributed by atoms with Gasteiger partial charge in [0, 0.05) is 27.8 Å². The lowest BCUT2D eigenvalue weighted by molar-refractivity contribution is 0.133. The van der Waals surface area contributed by atoms with Crippen LogP contribution in [0.25, 0.3) is 0 Å². The molecule has 2 heterocycles. The summed E-state index contributed by atoms with van der Waals surface area (Å²) < 4.78 is 2.12. The zero-order valence-electron chi connectivity index (χ0n) is 12.3. The molecular formula is C16H22I2N2O. The van der Waals surface area contributed by atoms with Gasteiger partial charge in [-0.05, 0) is 103 Å². The lowest BCUT2D eigenvalue weighted by atomic mass is 9.91. The van der Waals surface area contributed by atoms with Crippen LogP contribution in [-0.4, -0.2) is 35.7 Å². The van der Waals surface area contributed by atoms with Crippen molar-refractivity contribution in [1.82, 2.24) is 10.2 Å². The van der Waals surface area contributed by atoms with Crippen molar-refractivity contribution < 1.29 is 5.11 Å².